The summed E-state index contributed by atoms with van der Waals surface area (Å²) in [5.41, 5.74) is 11.2. The minimum atomic E-state index is -0.501. The Morgan fingerprint density at radius 3 is 2.33 bits per heavy atom. The van der Waals surface area contributed by atoms with Crippen LogP contribution >= 0.6 is 0 Å². The van der Waals surface area contributed by atoms with Gasteiger partial charge in [0.05, 0.1) is 0 Å². The number of piperidine rings is 1. The van der Waals surface area contributed by atoms with Crippen LogP contribution in [-0.2, 0) is 4.79 Å². The Morgan fingerprint density at radius 1 is 1.19 bits per heavy atom. The third kappa shape index (κ3) is 4.55. The van der Waals surface area contributed by atoms with Gasteiger partial charge in [-0.3, -0.25) is 4.79 Å². The number of ether oxygens (including phenoxy) is 1. The lowest BCUT2D eigenvalue weighted by Gasteiger charge is -2.31. The number of amides is 3. The molecular weight excluding hydrogens is 272 g/mol. The van der Waals surface area contributed by atoms with Gasteiger partial charge in [-0.2, -0.15) is 0 Å². The summed E-state index contributed by atoms with van der Waals surface area (Å²) in [7, 11) is 0. The number of carbonyl (C=O) groups excluding carboxylic acids is 2. The van der Waals surface area contributed by atoms with E-state index in [0.717, 1.165) is 18.5 Å². The zero-order chi connectivity index (χ0) is 15.2. The molecule has 5 N–H and O–H groups in total. The Bertz CT molecular complexity index is 495. The molecule has 0 aliphatic carbocycles. The average Bonchev–Trinajstić information content (AvgIpc) is 2.47. The largest absolute Gasteiger partial charge is 0.484 e. The van der Waals surface area contributed by atoms with Crippen LogP contribution in [0.1, 0.15) is 12.8 Å². The van der Waals surface area contributed by atoms with E-state index in [1.807, 2.05) is 12.1 Å². The van der Waals surface area contributed by atoms with Crippen molar-refractivity contribution in [2.45, 2.75) is 18.9 Å². The SMILES string of the molecule is NC(=O)COc1ccc(NC2CCN(C(N)=O)CC2)cc1. The van der Waals surface area contributed by atoms with Crippen molar-refractivity contribution in [1.82, 2.24) is 4.90 Å². The predicted octanol–water partition coefficient (Wildman–Crippen LogP) is 0.506. The van der Waals surface area contributed by atoms with E-state index in [2.05, 4.69) is 5.32 Å². The van der Waals surface area contributed by atoms with Gasteiger partial charge in [-0.25, -0.2) is 4.79 Å². The van der Waals surface area contributed by atoms with Crippen LogP contribution in [0.2, 0.25) is 0 Å². The first-order valence-electron chi connectivity index (χ1n) is 6.86. The molecule has 0 atom stereocenters. The zero-order valence-electron chi connectivity index (χ0n) is 11.7. The van der Waals surface area contributed by atoms with Crippen LogP contribution in [0.4, 0.5) is 10.5 Å². The van der Waals surface area contributed by atoms with E-state index in [9.17, 15) is 9.59 Å². The number of carbonyl (C=O) groups is 2. The number of benzene rings is 1. The summed E-state index contributed by atoms with van der Waals surface area (Å²) < 4.78 is 5.19. The number of anilines is 1. The maximum Gasteiger partial charge on any atom is 0.314 e. The average molecular weight is 292 g/mol. The molecule has 1 aliphatic rings. The third-order valence-corrected chi connectivity index (χ3v) is 3.41. The van der Waals surface area contributed by atoms with Gasteiger partial charge < -0.3 is 26.4 Å². The fourth-order valence-electron chi connectivity index (χ4n) is 2.28. The van der Waals surface area contributed by atoms with Gasteiger partial charge in [-0.15, -0.1) is 0 Å². The molecular formula is C14H20N4O3. The van der Waals surface area contributed by atoms with Crippen molar-refractivity contribution in [3.63, 3.8) is 0 Å². The standard InChI is InChI=1S/C14H20N4O3/c15-13(19)9-21-12-3-1-10(2-4-12)17-11-5-7-18(8-6-11)14(16)20/h1-4,11,17H,5-9H2,(H2,15,19)(H2,16,20). The maximum absolute atomic E-state index is 11.0. The molecule has 21 heavy (non-hydrogen) atoms. The summed E-state index contributed by atoms with van der Waals surface area (Å²) in [5.74, 6) is 0.0984. The van der Waals surface area contributed by atoms with Crippen molar-refractivity contribution >= 4 is 17.6 Å². The molecule has 1 fully saturated rings. The summed E-state index contributed by atoms with van der Waals surface area (Å²) in [6.45, 7) is 1.22. The molecule has 1 aromatic rings. The fraction of sp³-hybridized carbons (Fsp3) is 0.429. The molecule has 114 valence electrons. The second-order valence-corrected chi connectivity index (χ2v) is 5.02. The van der Waals surface area contributed by atoms with Crippen LogP contribution in [-0.4, -0.2) is 42.6 Å². The van der Waals surface area contributed by atoms with Gasteiger partial charge in [0.15, 0.2) is 6.61 Å². The number of nitrogens with two attached hydrogens (primary N) is 2. The van der Waals surface area contributed by atoms with Crippen LogP contribution in [0.25, 0.3) is 0 Å². The minimum absolute atomic E-state index is 0.127. The summed E-state index contributed by atoms with van der Waals surface area (Å²) >= 11 is 0. The Hall–Kier alpha value is -2.44. The van der Waals surface area contributed by atoms with Crippen molar-refractivity contribution in [2.24, 2.45) is 11.5 Å². The van der Waals surface area contributed by atoms with Gasteiger partial charge in [0.1, 0.15) is 5.75 Å². The molecule has 1 saturated heterocycles. The number of primary amides is 2. The highest BCUT2D eigenvalue weighted by atomic mass is 16.5. The summed E-state index contributed by atoms with van der Waals surface area (Å²) in [6.07, 6.45) is 1.73. The molecule has 3 amide bonds. The molecule has 7 nitrogen and oxygen atoms in total. The van der Waals surface area contributed by atoms with Gasteiger partial charge in [0.25, 0.3) is 5.91 Å². The molecule has 2 rings (SSSR count). The molecule has 0 saturated carbocycles. The number of likely N-dealkylation sites (tertiary alicyclic amines) is 1. The first-order valence-corrected chi connectivity index (χ1v) is 6.86. The summed E-state index contributed by atoms with van der Waals surface area (Å²) in [6, 6.07) is 7.30. The number of nitrogens with one attached hydrogen (secondary N) is 1. The van der Waals surface area contributed by atoms with Crippen molar-refractivity contribution in [3.8, 4) is 5.75 Å². The molecule has 1 aliphatic heterocycles. The topological polar surface area (TPSA) is 111 Å². The van der Waals surface area contributed by atoms with Crippen LogP contribution in [0.5, 0.6) is 5.75 Å². The highest BCUT2D eigenvalue weighted by molar-refractivity contribution is 5.75. The molecule has 0 unspecified atom stereocenters. The molecule has 0 spiro atoms. The summed E-state index contributed by atoms with van der Waals surface area (Å²) in [5, 5.41) is 3.41. The molecule has 0 bridgehead atoms. The van der Waals surface area contributed by atoms with Gasteiger partial charge in [-0.05, 0) is 37.1 Å². The first-order chi connectivity index (χ1) is 10.0. The molecule has 7 heteroatoms. The van der Waals surface area contributed by atoms with Crippen molar-refractivity contribution in [1.29, 1.82) is 0 Å². The zero-order valence-corrected chi connectivity index (χ0v) is 11.7. The lowest BCUT2D eigenvalue weighted by molar-refractivity contribution is -0.119. The lowest BCUT2D eigenvalue weighted by Crippen LogP contribution is -2.44. The van der Waals surface area contributed by atoms with Crippen LogP contribution in [0, 0.1) is 0 Å². The Morgan fingerprint density at radius 2 is 1.81 bits per heavy atom. The number of nitrogens with zero attached hydrogens (tertiary/aromatic N) is 1. The maximum atomic E-state index is 11.0. The van der Waals surface area contributed by atoms with Crippen molar-refractivity contribution in [3.05, 3.63) is 24.3 Å². The Balaban J connectivity index is 1.81. The van der Waals surface area contributed by atoms with Crippen LogP contribution in [0.15, 0.2) is 24.3 Å². The number of hydrogen-bond donors (Lipinski definition) is 3. The number of hydrogen-bond acceptors (Lipinski definition) is 4. The Kier molecular flexibility index (Phi) is 4.86. The fourth-order valence-corrected chi connectivity index (χ4v) is 2.28. The van der Waals surface area contributed by atoms with Gasteiger partial charge in [0.2, 0.25) is 0 Å². The molecule has 0 aromatic heterocycles. The molecule has 0 radical (unpaired) electrons. The first kappa shape index (κ1) is 15.0. The predicted molar refractivity (Wildman–Crippen MR) is 78.9 cm³/mol. The van der Waals surface area contributed by atoms with E-state index in [4.69, 9.17) is 16.2 Å². The van der Waals surface area contributed by atoms with Gasteiger partial charge >= 0.3 is 6.03 Å². The van der Waals surface area contributed by atoms with E-state index in [1.54, 1.807) is 17.0 Å². The van der Waals surface area contributed by atoms with E-state index < -0.39 is 5.91 Å². The molecule has 1 heterocycles. The monoisotopic (exact) mass is 292 g/mol. The number of urea groups is 1. The van der Waals surface area contributed by atoms with E-state index in [-0.39, 0.29) is 12.6 Å². The van der Waals surface area contributed by atoms with Gasteiger partial charge in [-0.1, -0.05) is 0 Å². The second kappa shape index (κ2) is 6.83. The lowest BCUT2D eigenvalue weighted by atomic mass is 10.0. The summed E-state index contributed by atoms with van der Waals surface area (Å²) in [4.78, 5) is 23.3. The smallest absolute Gasteiger partial charge is 0.314 e. The molecule has 1 aromatic carbocycles. The van der Waals surface area contributed by atoms with Crippen LogP contribution in [0.3, 0.4) is 0 Å². The second-order valence-electron chi connectivity index (χ2n) is 5.02. The van der Waals surface area contributed by atoms with Gasteiger partial charge in [0, 0.05) is 24.8 Å². The van der Waals surface area contributed by atoms with Crippen LogP contribution < -0.4 is 21.5 Å². The number of rotatable bonds is 5. The minimum Gasteiger partial charge on any atom is -0.484 e. The highest BCUT2D eigenvalue weighted by Crippen LogP contribution is 2.19. The van der Waals surface area contributed by atoms with E-state index >= 15 is 0 Å². The van der Waals surface area contributed by atoms with Crippen molar-refractivity contribution in [2.75, 3.05) is 25.0 Å². The normalized spacial score (nSPS) is 15.5. The highest BCUT2D eigenvalue weighted by Gasteiger charge is 2.20. The van der Waals surface area contributed by atoms with E-state index in [1.165, 1.54) is 0 Å². The quantitative estimate of drug-likeness (QED) is 0.734. The third-order valence-electron chi connectivity index (χ3n) is 3.41. The van der Waals surface area contributed by atoms with Crippen molar-refractivity contribution < 1.29 is 14.3 Å². The Labute approximate surface area is 123 Å². The van der Waals surface area contributed by atoms with E-state index in [0.29, 0.717) is 24.9 Å².